The first kappa shape index (κ1) is 16.6. The number of hydrogen-bond donors (Lipinski definition) is 1. The molecule has 1 amide bonds. The molecule has 3 heteroatoms. The molecular weight excluding hydrogens is 274 g/mol. The molecule has 0 radical (unpaired) electrons. The summed E-state index contributed by atoms with van der Waals surface area (Å²) in [7, 11) is 0. The highest BCUT2D eigenvalue weighted by molar-refractivity contribution is 5.95. The van der Waals surface area contributed by atoms with Crippen LogP contribution in [0, 0.1) is 5.92 Å². The maximum Gasteiger partial charge on any atom is 0.230 e. The van der Waals surface area contributed by atoms with E-state index in [9.17, 15) is 9.90 Å². The minimum absolute atomic E-state index is 0.106. The number of rotatable bonds is 6. The van der Waals surface area contributed by atoms with Gasteiger partial charge in [0.1, 0.15) is 0 Å². The lowest BCUT2D eigenvalue weighted by atomic mass is 9.92. The number of hydrogen-bond acceptors (Lipinski definition) is 2. The molecule has 1 aromatic rings. The number of carbonyl (C=O) groups is 1. The van der Waals surface area contributed by atoms with Crippen LogP contribution in [0.25, 0.3) is 0 Å². The average molecular weight is 301 g/mol. The number of carbonyl (C=O) groups excluding carboxylic acids is 1. The lowest BCUT2D eigenvalue weighted by Gasteiger charge is -2.36. The molecule has 120 valence electrons. The number of allylic oxidation sites excluding steroid dienone is 1. The largest absolute Gasteiger partial charge is 0.513 e. The third-order valence-electron chi connectivity index (χ3n) is 4.50. The van der Waals surface area contributed by atoms with Crippen LogP contribution in [0.5, 0.6) is 0 Å². The van der Waals surface area contributed by atoms with Crippen molar-refractivity contribution in [3.05, 3.63) is 42.7 Å². The van der Waals surface area contributed by atoms with E-state index in [1.54, 1.807) is 0 Å². The predicted octanol–water partition coefficient (Wildman–Crippen LogP) is 4.84. The first-order valence-corrected chi connectivity index (χ1v) is 8.34. The van der Waals surface area contributed by atoms with Gasteiger partial charge in [0.15, 0.2) is 0 Å². The minimum atomic E-state index is -0.106. The van der Waals surface area contributed by atoms with Gasteiger partial charge in [-0.15, -0.1) is 0 Å². The molecule has 1 atom stereocenters. The Labute approximate surface area is 133 Å². The van der Waals surface area contributed by atoms with Crippen molar-refractivity contribution < 1.29 is 9.90 Å². The third-order valence-corrected chi connectivity index (χ3v) is 4.50. The SMILES string of the molecule is C=C(O)CCC(C)C(=O)N(c1ccccc1)C1CCCCC1. The van der Waals surface area contributed by atoms with Crippen LogP contribution >= 0.6 is 0 Å². The fourth-order valence-electron chi connectivity index (χ4n) is 3.19. The Morgan fingerprint density at radius 1 is 1.27 bits per heavy atom. The molecule has 0 spiro atoms. The van der Waals surface area contributed by atoms with Gasteiger partial charge in [0.2, 0.25) is 5.91 Å². The van der Waals surface area contributed by atoms with Gasteiger partial charge in [-0.1, -0.05) is 51.0 Å². The number of aliphatic hydroxyl groups excluding tert-OH is 1. The Hall–Kier alpha value is -1.77. The van der Waals surface area contributed by atoms with E-state index in [0.717, 1.165) is 18.5 Å². The number of para-hydroxylation sites is 1. The quantitative estimate of drug-likeness (QED) is 0.764. The number of amides is 1. The first-order chi connectivity index (χ1) is 10.6. The number of aliphatic hydroxyl groups is 1. The van der Waals surface area contributed by atoms with Gasteiger partial charge >= 0.3 is 0 Å². The van der Waals surface area contributed by atoms with Gasteiger partial charge in [-0.05, 0) is 31.4 Å². The molecule has 1 saturated carbocycles. The molecule has 1 N–H and O–H groups in total. The Morgan fingerprint density at radius 2 is 1.91 bits per heavy atom. The molecule has 0 heterocycles. The predicted molar refractivity (Wildman–Crippen MR) is 91.0 cm³/mol. The lowest BCUT2D eigenvalue weighted by Crippen LogP contribution is -2.44. The zero-order chi connectivity index (χ0) is 15.9. The van der Waals surface area contributed by atoms with Crippen LogP contribution in [-0.4, -0.2) is 17.1 Å². The van der Waals surface area contributed by atoms with Crippen molar-refractivity contribution in [2.24, 2.45) is 5.92 Å². The summed E-state index contributed by atoms with van der Waals surface area (Å²) in [6, 6.07) is 10.3. The summed E-state index contributed by atoms with van der Waals surface area (Å²) in [5, 5.41) is 9.27. The first-order valence-electron chi connectivity index (χ1n) is 8.34. The van der Waals surface area contributed by atoms with E-state index in [-0.39, 0.29) is 17.6 Å². The van der Waals surface area contributed by atoms with Gasteiger partial charge in [0.05, 0.1) is 5.76 Å². The van der Waals surface area contributed by atoms with E-state index < -0.39 is 0 Å². The topological polar surface area (TPSA) is 40.5 Å². The van der Waals surface area contributed by atoms with Gasteiger partial charge in [-0.25, -0.2) is 0 Å². The highest BCUT2D eigenvalue weighted by atomic mass is 16.3. The number of anilines is 1. The second-order valence-electron chi connectivity index (χ2n) is 6.34. The molecule has 3 nitrogen and oxygen atoms in total. The Bertz CT molecular complexity index is 491. The summed E-state index contributed by atoms with van der Waals surface area (Å²) in [6.45, 7) is 5.46. The summed E-state index contributed by atoms with van der Waals surface area (Å²) >= 11 is 0. The fourth-order valence-corrected chi connectivity index (χ4v) is 3.19. The van der Waals surface area contributed by atoms with Crippen molar-refractivity contribution in [2.45, 2.75) is 57.9 Å². The van der Waals surface area contributed by atoms with E-state index in [1.165, 1.54) is 19.3 Å². The molecule has 0 aromatic heterocycles. The molecule has 22 heavy (non-hydrogen) atoms. The normalized spacial score (nSPS) is 17.0. The average Bonchev–Trinajstić information content (AvgIpc) is 2.54. The third kappa shape index (κ3) is 4.36. The van der Waals surface area contributed by atoms with Crippen LogP contribution in [0.3, 0.4) is 0 Å². The van der Waals surface area contributed by atoms with Crippen LogP contribution in [0.1, 0.15) is 51.9 Å². The van der Waals surface area contributed by atoms with E-state index in [1.807, 2.05) is 42.2 Å². The maximum atomic E-state index is 13.0. The van der Waals surface area contributed by atoms with Crippen molar-refractivity contribution >= 4 is 11.6 Å². The molecule has 1 aliphatic rings. The van der Waals surface area contributed by atoms with E-state index in [4.69, 9.17) is 0 Å². The standard InChI is InChI=1S/C19H27NO2/c1-15(13-14-16(2)21)19(22)20(17-9-5-3-6-10-17)18-11-7-4-8-12-18/h3,5-6,9-10,15,18,21H,2,4,7-8,11-14H2,1H3. The molecule has 1 unspecified atom stereocenters. The monoisotopic (exact) mass is 301 g/mol. The summed E-state index contributed by atoms with van der Waals surface area (Å²) in [5.74, 6) is 0.217. The van der Waals surface area contributed by atoms with Crippen molar-refractivity contribution in [2.75, 3.05) is 4.90 Å². The van der Waals surface area contributed by atoms with Gasteiger partial charge in [0.25, 0.3) is 0 Å². The second-order valence-corrected chi connectivity index (χ2v) is 6.34. The van der Waals surface area contributed by atoms with Gasteiger partial charge in [-0.3, -0.25) is 4.79 Å². The van der Waals surface area contributed by atoms with Crippen molar-refractivity contribution in [1.29, 1.82) is 0 Å². The van der Waals surface area contributed by atoms with E-state index in [0.29, 0.717) is 18.9 Å². The van der Waals surface area contributed by atoms with Gasteiger partial charge in [0, 0.05) is 24.1 Å². The second kappa shape index (κ2) is 8.02. The van der Waals surface area contributed by atoms with Crippen LogP contribution < -0.4 is 4.90 Å². The number of benzene rings is 1. The molecule has 0 saturated heterocycles. The summed E-state index contributed by atoms with van der Waals surface area (Å²) < 4.78 is 0. The zero-order valence-electron chi connectivity index (χ0n) is 13.5. The van der Waals surface area contributed by atoms with Crippen LogP contribution in [0.15, 0.2) is 42.7 Å². The molecule has 2 rings (SSSR count). The molecule has 0 bridgehead atoms. The Balaban J connectivity index is 2.16. The van der Waals surface area contributed by atoms with Gasteiger partial charge < -0.3 is 10.0 Å². The lowest BCUT2D eigenvalue weighted by molar-refractivity contribution is -0.122. The van der Waals surface area contributed by atoms with Crippen LogP contribution in [0.2, 0.25) is 0 Å². The highest BCUT2D eigenvalue weighted by Crippen LogP contribution is 2.29. The van der Waals surface area contributed by atoms with Crippen LogP contribution in [-0.2, 0) is 4.79 Å². The zero-order valence-corrected chi connectivity index (χ0v) is 13.5. The molecule has 1 aliphatic carbocycles. The highest BCUT2D eigenvalue weighted by Gasteiger charge is 2.29. The summed E-state index contributed by atoms with van der Waals surface area (Å²) in [5.41, 5.74) is 0.995. The van der Waals surface area contributed by atoms with Crippen molar-refractivity contribution in [1.82, 2.24) is 0 Å². The Morgan fingerprint density at radius 3 is 2.50 bits per heavy atom. The van der Waals surface area contributed by atoms with Crippen molar-refractivity contribution in [3.63, 3.8) is 0 Å². The minimum Gasteiger partial charge on any atom is -0.513 e. The summed E-state index contributed by atoms with van der Waals surface area (Å²) in [4.78, 5) is 15.0. The van der Waals surface area contributed by atoms with Crippen molar-refractivity contribution in [3.8, 4) is 0 Å². The molecule has 1 aromatic carbocycles. The maximum absolute atomic E-state index is 13.0. The Kier molecular flexibility index (Phi) is 6.05. The van der Waals surface area contributed by atoms with E-state index in [2.05, 4.69) is 6.58 Å². The molecule has 1 fully saturated rings. The van der Waals surface area contributed by atoms with E-state index >= 15 is 0 Å². The van der Waals surface area contributed by atoms with Crippen LogP contribution in [0.4, 0.5) is 5.69 Å². The molecule has 0 aliphatic heterocycles. The van der Waals surface area contributed by atoms with Gasteiger partial charge in [-0.2, -0.15) is 0 Å². The molecular formula is C19H27NO2. The fraction of sp³-hybridized carbons (Fsp3) is 0.526. The summed E-state index contributed by atoms with van der Waals surface area (Å²) in [6.07, 6.45) is 6.96. The number of nitrogens with zero attached hydrogens (tertiary/aromatic N) is 1. The smallest absolute Gasteiger partial charge is 0.230 e.